The van der Waals surface area contributed by atoms with Gasteiger partial charge in [0.25, 0.3) is 0 Å². The second-order valence-corrected chi connectivity index (χ2v) is 6.52. The van der Waals surface area contributed by atoms with Gasteiger partial charge in [-0.15, -0.1) is 6.58 Å². The van der Waals surface area contributed by atoms with E-state index in [0.717, 1.165) is 0 Å². The fourth-order valence-corrected chi connectivity index (χ4v) is 3.05. The summed E-state index contributed by atoms with van der Waals surface area (Å²) in [6.45, 7) is 12.1. The molecule has 21 heavy (non-hydrogen) atoms. The van der Waals surface area contributed by atoms with E-state index in [0.29, 0.717) is 13.2 Å². The van der Waals surface area contributed by atoms with E-state index >= 15 is 0 Å². The standard InChI is InChI=1S/C15H24O6/c1-6-7-16-11-10(9-8-17-14(2,3)19-9)18-13-12(11)20-15(4,5)21-13/h6,9-13H,1,7-8H2,2-5H3/t9-,10-,11+,12-,13-/m1/s1. The van der Waals surface area contributed by atoms with Crippen LogP contribution in [0.15, 0.2) is 12.7 Å². The van der Waals surface area contributed by atoms with Gasteiger partial charge in [-0.25, -0.2) is 0 Å². The van der Waals surface area contributed by atoms with Crippen molar-refractivity contribution in [2.45, 2.75) is 70.0 Å². The molecule has 0 unspecified atom stereocenters. The first-order chi connectivity index (χ1) is 9.81. The summed E-state index contributed by atoms with van der Waals surface area (Å²) in [7, 11) is 0. The van der Waals surface area contributed by atoms with Crippen molar-refractivity contribution in [1.82, 2.24) is 0 Å². The minimum Gasteiger partial charge on any atom is -0.368 e. The van der Waals surface area contributed by atoms with E-state index in [1.807, 2.05) is 27.7 Å². The maximum absolute atomic E-state index is 6.00. The Balaban J connectivity index is 1.73. The molecule has 0 radical (unpaired) electrons. The van der Waals surface area contributed by atoms with Crippen LogP contribution in [0.2, 0.25) is 0 Å². The van der Waals surface area contributed by atoms with Gasteiger partial charge in [-0.05, 0) is 27.7 Å². The number of ether oxygens (including phenoxy) is 6. The molecule has 0 aliphatic carbocycles. The highest BCUT2D eigenvalue weighted by molar-refractivity contribution is 4.99. The highest BCUT2D eigenvalue weighted by atomic mass is 16.8. The lowest BCUT2D eigenvalue weighted by Crippen LogP contribution is -2.44. The van der Waals surface area contributed by atoms with E-state index < -0.39 is 17.9 Å². The Kier molecular flexibility index (Phi) is 3.88. The van der Waals surface area contributed by atoms with Crippen LogP contribution in [0.5, 0.6) is 0 Å². The molecule has 0 saturated carbocycles. The van der Waals surface area contributed by atoms with Gasteiger partial charge < -0.3 is 28.4 Å². The van der Waals surface area contributed by atoms with Crippen molar-refractivity contribution in [3.63, 3.8) is 0 Å². The molecule has 0 spiro atoms. The minimum absolute atomic E-state index is 0.198. The Hall–Kier alpha value is -0.500. The predicted octanol–water partition coefficient (Wildman–Crippen LogP) is 1.59. The molecule has 5 atom stereocenters. The molecule has 120 valence electrons. The summed E-state index contributed by atoms with van der Waals surface area (Å²) in [5, 5.41) is 0. The predicted molar refractivity (Wildman–Crippen MR) is 73.5 cm³/mol. The molecule has 6 nitrogen and oxygen atoms in total. The lowest BCUT2D eigenvalue weighted by molar-refractivity contribution is -0.235. The zero-order valence-corrected chi connectivity index (χ0v) is 13.0. The normalized spacial score (nSPS) is 43.9. The lowest BCUT2D eigenvalue weighted by Gasteiger charge is -2.28. The zero-order valence-electron chi connectivity index (χ0n) is 13.0. The van der Waals surface area contributed by atoms with E-state index in [4.69, 9.17) is 28.4 Å². The molecule has 3 saturated heterocycles. The molecule has 3 aliphatic heterocycles. The van der Waals surface area contributed by atoms with Crippen molar-refractivity contribution in [3.05, 3.63) is 12.7 Å². The van der Waals surface area contributed by atoms with Crippen LogP contribution in [-0.2, 0) is 28.4 Å². The van der Waals surface area contributed by atoms with E-state index in [1.165, 1.54) is 0 Å². The fraction of sp³-hybridized carbons (Fsp3) is 0.867. The number of fused-ring (bicyclic) bond motifs is 1. The van der Waals surface area contributed by atoms with E-state index in [1.54, 1.807) is 6.08 Å². The monoisotopic (exact) mass is 300 g/mol. The van der Waals surface area contributed by atoms with Gasteiger partial charge in [-0.2, -0.15) is 0 Å². The largest absolute Gasteiger partial charge is 0.368 e. The lowest BCUT2D eigenvalue weighted by atomic mass is 10.1. The van der Waals surface area contributed by atoms with Crippen molar-refractivity contribution >= 4 is 0 Å². The number of rotatable bonds is 4. The second-order valence-electron chi connectivity index (χ2n) is 6.52. The average molecular weight is 300 g/mol. The van der Waals surface area contributed by atoms with Gasteiger partial charge in [-0.1, -0.05) is 6.08 Å². The molecule has 0 N–H and O–H groups in total. The molecular weight excluding hydrogens is 276 g/mol. The number of hydrogen-bond donors (Lipinski definition) is 0. The fourth-order valence-electron chi connectivity index (χ4n) is 3.05. The molecule has 0 amide bonds. The van der Waals surface area contributed by atoms with Crippen LogP contribution in [0.25, 0.3) is 0 Å². The quantitative estimate of drug-likeness (QED) is 0.735. The van der Waals surface area contributed by atoms with Crippen molar-refractivity contribution in [3.8, 4) is 0 Å². The Morgan fingerprint density at radius 2 is 1.86 bits per heavy atom. The van der Waals surface area contributed by atoms with Gasteiger partial charge in [0.1, 0.15) is 24.4 Å². The Labute approximate surface area is 125 Å². The summed E-state index contributed by atoms with van der Waals surface area (Å²) in [4.78, 5) is 0. The van der Waals surface area contributed by atoms with Gasteiger partial charge >= 0.3 is 0 Å². The van der Waals surface area contributed by atoms with Gasteiger partial charge in [0.15, 0.2) is 17.9 Å². The van der Waals surface area contributed by atoms with Crippen LogP contribution in [0.4, 0.5) is 0 Å². The maximum Gasteiger partial charge on any atom is 0.190 e. The zero-order chi connectivity index (χ0) is 15.3. The summed E-state index contributed by atoms with van der Waals surface area (Å²) in [5.74, 6) is -1.27. The number of hydrogen-bond acceptors (Lipinski definition) is 6. The van der Waals surface area contributed by atoms with Crippen molar-refractivity contribution in [2.75, 3.05) is 13.2 Å². The molecule has 0 aromatic carbocycles. The minimum atomic E-state index is -0.664. The van der Waals surface area contributed by atoms with E-state index in [-0.39, 0.29) is 24.4 Å². The molecular formula is C15H24O6. The Morgan fingerprint density at radius 1 is 1.10 bits per heavy atom. The highest BCUT2D eigenvalue weighted by Crippen LogP contribution is 2.41. The molecule has 0 bridgehead atoms. The maximum atomic E-state index is 6.00. The van der Waals surface area contributed by atoms with Crippen LogP contribution in [0.1, 0.15) is 27.7 Å². The highest BCUT2D eigenvalue weighted by Gasteiger charge is 2.58. The van der Waals surface area contributed by atoms with Gasteiger partial charge in [-0.3, -0.25) is 0 Å². The molecule has 0 aromatic heterocycles. The topological polar surface area (TPSA) is 55.4 Å². The van der Waals surface area contributed by atoms with Crippen LogP contribution in [0.3, 0.4) is 0 Å². The van der Waals surface area contributed by atoms with Crippen LogP contribution >= 0.6 is 0 Å². The summed E-state index contributed by atoms with van der Waals surface area (Å²) in [6, 6.07) is 0. The second kappa shape index (κ2) is 5.30. The first-order valence-electron chi connectivity index (χ1n) is 7.37. The third-order valence-electron chi connectivity index (χ3n) is 3.83. The van der Waals surface area contributed by atoms with Crippen molar-refractivity contribution < 1.29 is 28.4 Å². The van der Waals surface area contributed by atoms with Crippen LogP contribution in [0, 0.1) is 0 Å². The third kappa shape index (κ3) is 3.02. The van der Waals surface area contributed by atoms with Crippen LogP contribution < -0.4 is 0 Å². The molecule has 3 aliphatic rings. The van der Waals surface area contributed by atoms with E-state index in [9.17, 15) is 0 Å². The van der Waals surface area contributed by atoms with Crippen LogP contribution in [-0.4, -0.2) is 55.5 Å². The molecule has 3 rings (SSSR count). The van der Waals surface area contributed by atoms with Gasteiger partial charge in [0.05, 0.1) is 13.2 Å². The average Bonchev–Trinajstić information content (AvgIpc) is 2.96. The summed E-state index contributed by atoms with van der Waals surface area (Å²) in [6.07, 6.45) is 0.261. The molecule has 3 heterocycles. The Morgan fingerprint density at radius 3 is 2.48 bits per heavy atom. The van der Waals surface area contributed by atoms with E-state index in [2.05, 4.69) is 6.58 Å². The Bertz CT molecular complexity index is 407. The molecule has 6 heteroatoms. The molecule has 3 fully saturated rings. The van der Waals surface area contributed by atoms with Gasteiger partial charge in [0, 0.05) is 0 Å². The SMILES string of the molecule is C=CCO[C@@H]1[C@H]2OC(C)(C)O[C@H]2O[C@@H]1[C@H]1COC(C)(C)O1. The van der Waals surface area contributed by atoms with Gasteiger partial charge in [0.2, 0.25) is 0 Å². The molecule has 0 aromatic rings. The van der Waals surface area contributed by atoms with Crippen molar-refractivity contribution in [2.24, 2.45) is 0 Å². The third-order valence-corrected chi connectivity index (χ3v) is 3.83. The first-order valence-corrected chi connectivity index (χ1v) is 7.37. The smallest absolute Gasteiger partial charge is 0.190 e. The first kappa shape index (κ1) is 15.4. The summed E-state index contributed by atoms with van der Waals surface area (Å²) >= 11 is 0. The van der Waals surface area contributed by atoms with Crippen molar-refractivity contribution in [1.29, 1.82) is 0 Å². The summed E-state index contributed by atoms with van der Waals surface area (Å²) in [5.41, 5.74) is 0. The summed E-state index contributed by atoms with van der Waals surface area (Å²) < 4.78 is 35.1.